The van der Waals surface area contributed by atoms with Crippen LogP contribution >= 0.6 is 23.4 Å². The van der Waals surface area contributed by atoms with Crippen molar-refractivity contribution < 1.29 is 9.53 Å². The van der Waals surface area contributed by atoms with Crippen LogP contribution in [0.15, 0.2) is 64.6 Å². The number of anilines is 3. The van der Waals surface area contributed by atoms with Crippen molar-refractivity contribution in [3.05, 3.63) is 65.3 Å². The lowest BCUT2D eigenvalue weighted by molar-refractivity contribution is 0.122. The van der Waals surface area contributed by atoms with Gasteiger partial charge in [0.1, 0.15) is 10.8 Å². The average Bonchev–Trinajstić information content (AvgIpc) is 3.24. The smallest absolute Gasteiger partial charge is 0.326 e. The molecular weight excluding hydrogens is 472 g/mol. The first-order chi connectivity index (χ1) is 16.5. The molecular formula is C24H23ClN6O2S. The minimum atomic E-state index is -0.424. The molecule has 4 aromatic rings. The second kappa shape index (κ2) is 9.92. The summed E-state index contributed by atoms with van der Waals surface area (Å²) in [4.78, 5) is 28.4. The van der Waals surface area contributed by atoms with E-state index in [9.17, 15) is 4.79 Å². The molecule has 8 nitrogen and oxygen atoms in total. The first-order valence-corrected chi connectivity index (χ1v) is 12.0. The lowest BCUT2D eigenvalue weighted by Gasteiger charge is -2.28. The number of nitrogens with one attached hydrogen (secondary N) is 3. The third-order valence-electron chi connectivity index (χ3n) is 5.45. The number of ether oxygens (including phenoxy) is 1. The number of hydrogen-bond donors (Lipinski definition) is 3. The Kier molecular flexibility index (Phi) is 6.57. The molecule has 0 aliphatic carbocycles. The lowest BCUT2D eigenvalue weighted by Crippen LogP contribution is -2.37. The number of aromatic amines is 1. The van der Waals surface area contributed by atoms with Crippen LogP contribution in [0.1, 0.15) is 5.56 Å². The van der Waals surface area contributed by atoms with Crippen LogP contribution in [-0.4, -0.2) is 47.3 Å². The first kappa shape index (κ1) is 22.5. The van der Waals surface area contributed by atoms with Crippen LogP contribution in [0.2, 0.25) is 5.02 Å². The van der Waals surface area contributed by atoms with Gasteiger partial charge in [-0.25, -0.2) is 9.78 Å². The van der Waals surface area contributed by atoms with Crippen molar-refractivity contribution in [3.8, 4) is 0 Å². The summed E-state index contributed by atoms with van der Waals surface area (Å²) >= 11 is 7.54. The molecule has 2 aromatic heterocycles. The zero-order chi connectivity index (χ0) is 23.5. The van der Waals surface area contributed by atoms with Gasteiger partial charge >= 0.3 is 6.03 Å². The normalized spacial score (nSPS) is 13.8. The van der Waals surface area contributed by atoms with Gasteiger partial charge in [0.05, 0.1) is 13.2 Å². The summed E-state index contributed by atoms with van der Waals surface area (Å²) in [5, 5.41) is 8.09. The van der Waals surface area contributed by atoms with Crippen molar-refractivity contribution in [1.82, 2.24) is 15.0 Å². The van der Waals surface area contributed by atoms with Crippen molar-refractivity contribution in [2.75, 3.05) is 41.8 Å². The number of amides is 2. The molecule has 0 bridgehead atoms. The molecule has 2 amide bonds. The van der Waals surface area contributed by atoms with Crippen LogP contribution in [0.25, 0.3) is 10.9 Å². The molecule has 1 saturated heterocycles. The number of nitrogens with zero attached hydrogens (tertiary/aromatic N) is 3. The summed E-state index contributed by atoms with van der Waals surface area (Å²) in [5.74, 6) is 0.981. The Bertz CT molecular complexity index is 1340. The van der Waals surface area contributed by atoms with Gasteiger partial charge < -0.3 is 19.9 Å². The third-order valence-corrected chi connectivity index (χ3v) is 6.66. The van der Waals surface area contributed by atoms with Gasteiger partial charge in [0.15, 0.2) is 0 Å². The zero-order valence-corrected chi connectivity index (χ0v) is 20.0. The van der Waals surface area contributed by atoms with Crippen LogP contribution in [0.3, 0.4) is 0 Å². The molecule has 3 heterocycles. The van der Waals surface area contributed by atoms with Crippen LogP contribution in [0.4, 0.5) is 22.2 Å². The average molecular weight is 495 g/mol. The van der Waals surface area contributed by atoms with Gasteiger partial charge in [-0.15, -0.1) is 0 Å². The van der Waals surface area contributed by atoms with Gasteiger partial charge in [-0.05, 0) is 36.8 Å². The highest BCUT2D eigenvalue weighted by Crippen LogP contribution is 2.34. The Balaban J connectivity index is 1.41. The predicted molar refractivity (Wildman–Crippen MR) is 136 cm³/mol. The first-order valence-electron chi connectivity index (χ1n) is 10.8. The molecule has 2 aromatic carbocycles. The van der Waals surface area contributed by atoms with E-state index in [0.717, 1.165) is 45.3 Å². The van der Waals surface area contributed by atoms with Crippen molar-refractivity contribution in [2.45, 2.75) is 16.8 Å². The Hall–Kier alpha value is -3.27. The number of aromatic nitrogens is 3. The molecule has 174 valence electrons. The second-order valence-corrected chi connectivity index (χ2v) is 9.33. The molecule has 0 radical (unpaired) electrons. The fourth-order valence-electron chi connectivity index (χ4n) is 3.74. The predicted octanol–water partition coefficient (Wildman–Crippen LogP) is 5.55. The molecule has 1 aliphatic heterocycles. The maximum Gasteiger partial charge on any atom is 0.326 e. The summed E-state index contributed by atoms with van der Waals surface area (Å²) < 4.78 is 5.48. The van der Waals surface area contributed by atoms with Crippen LogP contribution in [0, 0.1) is 6.92 Å². The number of halogens is 1. The van der Waals surface area contributed by atoms with Crippen molar-refractivity contribution in [3.63, 3.8) is 0 Å². The van der Waals surface area contributed by atoms with E-state index in [1.165, 1.54) is 11.8 Å². The molecule has 3 N–H and O–H groups in total. The van der Waals surface area contributed by atoms with E-state index in [-0.39, 0.29) is 5.95 Å². The van der Waals surface area contributed by atoms with Gasteiger partial charge in [0.25, 0.3) is 0 Å². The molecule has 1 aliphatic rings. The Morgan fingerprint density at radius 1 is 1.12 bits per heavy atom. The number of H-pyrrole nitrogens is 1. The maximum absolute atomic E-state index is 12.7. The SMILES string of the molecule is Cc1cc(Cl)ccc1NC(=O)Nc1nc(Sc2c[nH]c3ccccc23)cc(N2CCOCC2)n1. The largest absolute Gasteiger partial charge is 0.378 e. The van der Waals surface area contributed by atoms with Gasteiger partial charge in [-0.2, -0.15) is 4.98 Å². The minimum absolute atomic E-state index is 0.232. The molecule has 0 spiro atoms. The van der Waals surface area contributed by atoms with E-state index in [2.05, 4.69) is 36.6 Å². The molecule has 10 heteroatoms. The number of carbonyl (C=O) groups is 1. The number of urea groups is 1. The monoisotopic (exact) mass is 494 g/mol. The van der Waals surface area contributed by atoms with Crippen LogP contribution in [0.5, 0.6) is 0 Å². The number of hydrogen-bond acceptors (Lipinski definition) is 6. The quantitative estimate of drug-likeness (QED) is 0.315. The summed E-state index contributed by atoms with van der Waals surface area (Å²) in [5.41, 5.74) is 2.59. The Morgan fingerprint density at radius 2 is 1.94 bits per heavy atom. The molecule has 5 rings (SSSR count). The van der Waals surface area contributed by atoms with Gasteiger partial charge in [-0.3, -0.25) is 5.32 Å². The molecule has 34 heavy (non-hydrogen) atoms. The topological polar surface area (TPSA) is 95.2 Å². The zero-order valence-electron chi connectivity index (χ0n) is 18.5. The summed E-state index contributed by atoms with van der Waals surface area (Å²) in [6, 6.07) is 14.9. The van der Waals surface area contributed by atoms with Crippen LogP contribution < -0.4 is 15.5 Å². The van der Waals surface area contributed by atoms with Crippen LogP contribution in [-0.2, 0) is 4.74 Å². The van der Waals surface area contributed by atoms with E-state index in [0.29, 0.717) is 23.9 Å². The Morgan fingerprint density at radius 3 is 2.76 bits per heavy atom. The number of aryl methyl sites for hydroxylation is 1. The molecule has 1 fully saturated rings. The van der Waals surface area contributed by atoms with E-state index in [4.69, 9.17) is 16.3 Å². The highest BCUT2D eigenvalue weighted by Gasteiger charge is 2.17. The van der Waals surface area contributed by atoms with E-state index in [1.807, 2.05) is 37.4 Å². The third kappa shape index (κ3) is 5.11. The number of rotatable bonds is 5. The number of morpholine rings is 1. The fraction of sp³-hybridized carbons (Fsp3) is 0.208. The Labute approximate surface area is 206 Å². The highest BCUT2D eigenvalue weighted by molar-refractivity contribution is 7.99. The lowest BCUT2D eigenvalue weighted by atomic mass is 10.2. The van der Waals surface area contributed by atoms with Gasteiger partial charge in [0.2, 0.25) is 5.95 Å². The van der Waals surface area contributed by atoms with E-state index in [1.54, 1.807) is 18.2 Å². The number of benzene rings is 2. The minimum Gasteiger partial charge on any atom is -0.378 e. The number of para-hydroxylation sites is 1. The van der Waals surface area contributed by atoms with Crippen molar-refractivity contribution in [2.24, 2.45) is 0 Å². The van der Waals surface area contributed by atoms with Gasteiger partial charge in [-0.1, -0.05) is 41.6 Å². The fourth-order valence-corrected chi connectivity index (χ4v) is 4.89. The number of fused-ring (bicyclic) bond motifs is 1. The van der Waals surface area contributed by atoms with Gasteiger partial charge in [0, 0.05) is 51.9 Å². The summed E-state index contributed by atoms with van der Waals surface area (Å²) in [7, 11) is 0. The number of carbonyl (C=O) groups excluding carboxylic acids is 1. The van der Waals surface area contributed by atoms with Crippen molar-refractivity contribution in [1.29, 1.82) is 0 Å². The maximum atomic E-state index is 12.7. The highest BCUT2D eigenvalue weighted by atomic mass is 35.5. The van der Waals surface area contributed by atoms with E-state index < -0.39 is 6.03 Å². The summed E-state index contributed by atoms with van der Waals surface area (Å²) in [6.07, 6.45) is 1.97. The van der Waals surface area contributed by atoms with Crippen molar-refractivity contribution >= 4 is 57.8 Å². The second-order valence-electron chi connectivity index (χ2n) is 7.83. The summed E-state index contributed by atoms with van der Waals surface area (Å²) in [6.45, 7) is 4.60. The molecule has 0 saturated carbocycles. The molecule has 0 unspecified atom stereocenters. The van der Waals surface area contributed by atoms with E-state index >= 15 is 0 Å². The standard InChI is InChI=1S/C24H23ClN6O2S/c1-15-12-16(25)6-7-18(15)27-24(32)30-23-28-21(31-8-10-33-11-9-31)13-22(29-23)34-20-14-26-19-5-3-2-4-17(19)20/h2-7,12-14,26H,8-11H2,1H3,(H2,27,28,29,30,32). The molecule has 0 atom stereocenters.